The van der Waals surface area contributed by atoms with E-state index in [0.717, 1.165) is 5.33 Å². The summed E-state index contributed by atoms with van der Waals surface area (Å²) in [5.74, 6) is 5.44. The standard InChI is InChI=1S/C11H8BrF3O/c12-8-2-1-3-9-4-6-10(7-5-9)16-11(13,14)15/h4-7H,2,8H2. The molecule has 1 aromatic carbocycles. The number of benzene rings is 1. The average molecular weight is 293 g/mol. The first kappa shape index (κ1) is 12.9. The Hall–Kier alpha value is -1.15. The Bertz CT molecular complexity index is 386. The van der Waals surface area contributed by atoms with Crippen molar-refractivity contribution in [2.45, 2.75) is 12.8 Å². The van der Waals surface area contributed by atoms with Crippen LogP contribution in [0.4, 0.5) is 13.2 Å². The zero-order valence-electron chi connectivity index (χ0n) is 8.14. The van der Waals surface area contributed by atoms with Crippen molar-refractivity contribution in [2.75, 3.05) is 5.33 Å². The highest BCUT2D eigenvalue weighted by molar-refractivity contribution is 9.09. The average Bonchev–Trinajstić information content (AvgIpc) is 2.19. The van der Waals surface area contributed by atoms with Gasteiger partial charge in [-0.25, -0.2) is 0 Å². The second kappa shape index (κ2) is 5.80. The normalized spacial score (nSPS) is 10.5. The van der Waals surface area contributed by atoms with Gasteiger partial charge in [-0.2, -0.15) is 0 Å². The van der Waals surface area contributed by atoms with Crippen molar-refractivity contribution in [3.8, 4) is 17.6 Å². The van der Waals surface area contributed by atoms with Gasteiger partial charge >= 0.3 is 6.36 Å². The molecule has 0 N–H and O–H groups in total. The Morgan fingerprint density at radius 3 is 2.31 bits per heavy atom. The molecule has 0 aliphatic heterocycles. The molecule has 0 spiro atoms. The summed E-state index contributed by atoms with van der Waals surface area (Å²) in [4.78, 5) is 0. The summed E-state index contributed by atoms with van der Waals surface area (Å²) in [5.41, 5.74) is 0.662. The lowest BCUT2D eigenvalue weighted by Gasteiger charge is -2.07. The number of hydrogen-bond donors (Lipinski definition) is 0. The first-order valence-corrected chi connectivity index (χ1v) is 5.54. The van der Waals surface area contributed by atoms with Crippen LogP contribution in [0.25, 0.3) is 0 Å². The molecule has 1 nitrogen and oxygen atoms in total. The molecule has 0 radical (unpaired) electrons. The predicted molar refractivity (Wildman–Crippen MR) is 58.4 cm³/mol. The first-order chi connectivity index (χ1) is 7.51. The first-order valence-electron chi connectivity index (χ1n) is 4.42. The maximum Gasteiger partial charge on any atom is 0.573 e. The van der Waals surface area contributed by atoms with Crippen molar-refractivity contribution in [1.29, 1.82) is 0 Å². The number of hydrogen-bond acceptors (Lipinski definition) is 1. The SMILES string of the molecule is FC(F)(F)Oc1ccc(C#CCCBr)cc1. The van der Waals surface area contributed by atoms with E-state index in [2.05, 4.69) is 32.5 Å². The Morgan fingerprint density at radius 1 is 1.19 bits per heavy atom. The lowest BCUT2D eigenvalue weighted by atomic mass is 10.2. The summed E-state index contributed by atoms with van der Waals surface area (Å²) in [5, 5.41) is 0.773. The molecule has 5 heteroatoms. The molecule has 0 bridgehead atoms. The number of alkyl halides is 4. The van der Waals surface area contributed by atoms with E-state index in [1.54, 1.807) is 0 Å². The van der Waals surface area contributed by atoms with Gasteiger partial charge in [0.15, 0.2) is 0 Å². The molecule has 16 heavy (non-hydrogen) atoms. The molecule has 1 aromatic rings. The van der Waals surface area contributed by atoms with E-state index in [1.165, 1.54) is 24.3 Å². The molecule has 1 rings (SSSR count). The van der Waals surface area contributed by atoms with E-state index in [9.17, 15) is 13.2 Å². The summed E-state index contributed by atoms with van der Waals surface area (Å²) < 4.78 is 39.2. The largest absolute Gasteiger partial charge is 0.573 e. The molecular formula is C11H8BrF3O. The Kier molecular flexibility index (Phi) is 4.69. The van der Waals surface area contributed by atoms with Gasteiger partial charge in [0, 0.05) is 17.3 Å². The van der Waals surface area contributed by atoms with Crippen molar-refractivity contribution >= 4 is 15.9 Å². The molecule has 0 aliphatic rings. The molecule has 0 saturated carbocycles. The van der Waals surface area contributed by atoms with Crippen LogP contribution in [-0.2, 0) is 0 Å². The van der Waals surface area contributed by atoms with Gasteiger partial charge in [-0.1, -0.05) is 27.8 Å². The van der Waals surface area contributed by atoms with Crippen LogP contribution in [0, 0.1) is 11.8 Å². The van der Waals surface area contributed by atoms with Crippen molar-refractivity contribution in [2.24, 2.45) is 0 Å². The van der Waals surface area contributed by atoms with E-state index in [1.807, 2.05) is 0 Å². The van der Waals surface area contributed by atoms with E-state index < -0.39 is 6.36 Å². The third-order valence-electron chi connectivity index (χ3n) is 1.54. The van der Waals surface area contributed by atoms with Crippen molar-refractivity contribution in [3.63, 3.8) is 0 Å². The topological polar surface area (TPSA) is 9.23 Å². The monoisotopic (exact) mass is 292 g/mol. The van der Waals surface area contributed by atoms with Gasteiger partial charge in [-0.3, -0.25) is 0 Å². The minimum absolute atomic E-state index is 0.237. The molecule has 0 heterocycles. The molecule has 0 aromatic heterocycles. The van der Waals surface area contributed by atoms with Crippen molar-refractivity contribution < 1.29 is 17.9 Å². The molecule has 0 atom stereocenters. The van der Waals surface area contributed by atoms with Crippen LogP contribution in [0.15, 0.2) is 24.3 Å². The minimum Gasteiger partial charge on any atom is -0.406 e. The van der Waals surface area contributed by atoms with Gasteiger partial charge in [0.05, 0.1) is 0 Å². The molecule has 0 fully saturated rings. The van der Waals surface area contributed by atoms with Gasteiger partial charge in [0.2, 0.25) is 0 Å². The number of rotatable bonds is 2. The van der Waals surface area contributed by atoms with Crippen molar-refractivity contribution in [3.05, 3.63) is 29.8 Å². The fraction of sp³-hybridized carbons (Fsp3) is 0.273. The van der Waals surface area contributed by atoms with Crippen molar-refractivity contribution in [1.82, 2.24) is 0 Å². The Balaban J connectivity index is 2.66. The predicted octanol–water partition coefficient (Wildman–Crippen LogP) is 3.72. The lowest BCUT2D eigenvalue weighted by Crippen LogP contribution is -2.16. The van der Waals surface area contributed by atoms with E-state index in [0.29, 0.717) is 12.0 Å². The second-order valence-electron chi connectivity index (χ2n) is 2.81. The van der Waals surface area contributed by atoms with Crippen LogP contribution in [0.1, 0.15) is 12.0 Å². The minimum atomic E-state index is -4.65. The molecular weight excluding hydrogens is 285 g/mol. The number of ether oxygens (including phenoxy) is 1. The molecule has 0 unspecified atom stereocenters. The maximum absolute atomic E-state index is 11.8. The fourth-order valence-electron chi connectivity index (χ4n) is 0.952. The Labute approximate surface area is 99.7 Å². The van der Waals surface area contributed by atoms with Crippen LogP contribution in [0.2, 0.25) is 0 Å². The smallest absolute Gasteiger partial charge is 0.406 e. The number of halogens is 4. The van der Waals surface area contributed by atoms with Gasteiger partial charge in [0.1, 0.15) is 5.75 Å². The highest BCUT2D eigenvalue weighted by Crippen LogP contribution is 2.22. The molecule has 0 amide bonds. The summed E-state index contributed by atoms with van der Waals surface area (Å²) >= 11 is 3.22. The zero-order valence-corrected chi connectivity index (χ0v) is 9.73. The summed E-state index contributed by atoms with van der Waals surface area (Å²) in [7, 11) is 0. The maximum atomic E-state index is 11.8. The van der Waals surface area contributed by atoms with Gasteiger partial charge in [-0.15, -0.1) is 13.2 Å². The lowest BCUT2D eigenvalue weighted by molar-refractivity contribution is -0.274. The van der Waals surface area contributed by atoms with Crippen LogP contribution < -0.4 is 4.74 Å². The van der Waals surface area contributed by atoms with Gasteiger partial charge in [0.25, 0.3) is 0 Å². The van der Waals surface area contributed by atoms with Crippen LogP contribution in [0.5, 0.6) is 5.75 Å². The van der Waals surface area contributed by atoms with E-state index >= 15 is 0 Å². The second-order valence-corrected chi connectivity index (χ2v) is 3.61. The van der Waals surface area contributed by atoms with Crippen LogP contribution in [0.3, 0.4) is 0 Å². The van der Waals surface area contributed by atoms with Gasteiger partial charge in [-0.05, 0) is 24.3 Å². The van der Waals surface area contributed by atoms with Gasteiger partial charge < -0.3 is 4.74 Å². The molecule has 86 valence electrons. The molecule has 0 aliphatic carbocycles. The van der Waals surface area contributed by atoms with Crippen LogP contribution >= 0.6 is 15.9 Å². The summed E-state index contributed by atoms with van der Waals surface area (Å²) in [6.45, 7) is 0. The zero-order chi connectivity index (χ0) is 12.0. The third-order valence-corrected chi connectivity index (χ3v) is 1.94. The van der Waals surface area contributed by atoms with E-state index in [-0.39, 0.29) is 5.75 Å². The van der Waals surface area contributed by atoms with Crippen LogP contribution in [-0.4, -0.2) is 11.7 Å². The summed E-state index contributed by atoms with van der Waals surface area (Å²) in [6, 6.07) is 5.46. The third kappa shape index (κ3) is 5.08. The highest BCUT2D eigenvalue weighted by Gasteiger charge is 2.30. The quantitative estimate of drug-likeness (QED) is 0.596. The molecule has 0 saturated heterocycles. The highest BCUT2D eigenvalue weighted by atomic mass is 79.9. The van der Waals surface area contributed by atoms with E-state index in [4.69, 9.17) is 0 Å². The summed E-state index contributed by atoms with van der Waals surface area (Å²) in [6.07, 6.45) is -3.95. The fourth-order valence-corrected chi connectivity index (χ4v) is 1.15. The Morgan fingerprint density at radius 2 is 1.81 bits per heavy atom.